The first kappa shape index (κ1) is 25.9. The van der Waals surface area contributed by atoms with E-state index in [1.54, 1.807) is 0 Å². The molecule has 5 heteroatoms. The molecule has 0 aromatic rings. The summed E-state index contributed by atoms with van der Waals surface area (Å²) >= 11 is 0. The number of nitrogens with zero attached hydrogens (tertiary/aromatic N) is 1. The summed E-state index contributed by atoms with van der Waals surface area (Å²) in [5.74, 6) is 0.496. The van der Waals surface area contributed by atoms with Crippen LogP contribution in [0.5, 0.6) is 0 Å². The maximum Gasteiger partial charge on any atom is 0.226 e. The van der Waals surface area contributed by atoms with E-state index in [1.165, 1.54) is 128 Å². The van der Waals surface area contributed by atoms with Crippen molar-refractivity contribution in [2.75, 3.05) is 6.61 Å². The Hall–Kier alpha value is 0.290. The lowest BCUT2D eigenvalue weighted by molar-refractivity contribution is -0.124. The van der Waals surface area contributed by atoms with Gasteiger partial charge >= 0.3 is 0 Å². The molecule has 0 aromatic carbocycles. The largest absolute Gasteiger partial charge is 0.357 e. The van der Waals surface area contributed by atoms with Crippen molar-refractivity contribution in [1.82, 2.24) is 4.67 Å². The number of amides is 1. The highest BCUT2D eigenvalue weighted by molar-refractivity contribution is 7.57. The van der Waals surface area contributed by atoms with E-state index in [1.807, 2.05) is 0 Å². The highest BCUT2D eigenvalue weighted by Crippen LogP contribution is 2.62. The summed E-state index contributed by atoms with van der Waals surface area (Å²) in [6.45, 7) is 0.864. The van der Waals surface area contributed by atoms with Crippen LogP contribution in [0.25, 0.3) is 0 Å². The Morgan fingerprint density at radius 3 is 1.44 bits per heavy atom. The van der Waals surface area contributed by atoms with Gasteiger partial charge in [-0.3, -0.25) is 4.79 Å². The molecule has 194 valence electrons. The second kappa shape index (κ2) is 13.2. The third kappa shape index (κ3) is 6.40. The molecular weight excluding hydrogens is 456 g/mol. The van der Waals surface area contributed by atoms with E-state index < -0.39 is 0 Å². The molecule has 0 bridgehead atoms. The molecule has 1 saturated heterocycles. The summed E-state index contributed by atoms with van der Waals surface area (Å²) in [5, 5.41) is 0. The lowest BCUT2D eigenvalue weighted by Crippen LogP contribution is -2.39. The monoisotopic (exact) mass is 507 g/mol. The fourth-order valence-corrected chi connectivity index (χ4v) is 15.0. The van der Waals surface area contributed by atoms with Gasteiger partial charge in [0.05, 0.1) is 12.6 Å². The third-order valence-electron chi connectivity index (χ3n) is 9.72. The molecule has 5 aliphatic rings. The van der Waals surface area contributed by atoms with Gasteiger partial charge in [-0.05, 0) is 69.1 Å². The van der Waals surface area contributed by atoms with Crippen LogP contribution in [0.1, 0.15) is 141 Å². The van der Waals surface area contributed by atoms with Crippen LogP contribution in [0.3, 0.4) is 0 Å². The Bertz CT molecular complexity index is 586. The molecular formula is C29H51NO2P2. The Morgan fingerprint density at radius 1 is 0.588 bits per heavy atom. The van der Waals surface area contributed by atoms with Crippen LogP contribution < -0.4 is 0 Å². The Balaban J connectivity index is 1.30. The topological polar surface area (TPSA) is 29.5 Å². The number of carbonyl (C=O) groups excluding carboxylic acids is 1. The van der Waals surface area contributed by atoms with E-state index in [2.05, 4.69) is 4.67 Å². The molecule has 1 atom stereocenters. The molecule has 4 saturated carbocycles. The van der Waals surface area contributed by atoms with Crippen LogP contribution in [0.4, 0.5) is 0 Å². The van der Waals surface area contributed by atoms with Gasteiger partial charge in [-0.15, -0.1) is 0 Å². The third-order valence-corrected chi connectivity index (χ3v) is 16.2. The number of carbonyl (C=O) groups is 1. The van der Waals surface area contributed by atoms with E-state index >= 15 is 0 Å². The maximum atomic E-state index is 13.5. The molecule has 34 heavy (non-hydrogen) atoms. The minimum atomic E-state index is -0.326. The SMILES string of the molecule is O=C1CC[C@@H](COP(C2CCCCC2)C2CCCCC2)N1P(C1CCCCC1)C1CCCCC1. The average Bonchev–Trinajstić information content (AvgIpc) is 3.27. The van der Waals surface area contributed by atoms with Gasteiger partial charge in [0.1, 0.15) is 0 Å². The standard InChI is InChI=1S/C29H51NO2P2/c31-29-22-21-24(23-32-34(27-17-9-3-10-18-27)28-19-11-4-12-20-28)30(29)33(25-13-5-1-6-14-25)26-15-7-2-8-16-26/h24-28H,1-23H2/t24-/m0/s1. The molecule has 0 aromatic heterocycles. The van der Waals surface area contributed by atoms with E-state index in [-0.39, 0.29) is 16.2 Å². The molecule has 5 fully saturated rings. The molecule has 0 radical (unpaired) electrons. The molecule has 0 N–H and O–H groups in total. The molecule has 1 aliphatic heterocycles. The summed E-state index contributed by atoms with van der Waals surface area (Å²) in [4.78, 5) is 13.5. The lowest BCUT2D eigenvalue weighted by atomic mass is 10.00. The number of hydrogen-bond acceptors (Lipinski definition) is 2. The van der Waals surface area contributed by atoms with Crippen molar-refractivity contribution in [1.29, 1.82) is 0 Å². The molecule has 0 unspecified atom stereocenters. The molecule has 4 aliphatic carbocycles. The van der Waals surface area contributed by atoms with Crippen LogP contribution in [0, 0.1) is 0 Å². The summed E-state index contributed by atoms with van der Waals surface area (Å²) in [6, 6.07) is 0.389. The van der Waals surface area contributed by atoms with Gasteiger partial charge in [0.25, 0.3) is 0 Å². The molecule has 0 spiro atoms. The van der Waals surface area contributed by atoms with Crippen LogP contribution in [-0.2, 0) is 9.32 Å². The summed E-state index contributed by atoms with van der Waals surface area (Å²) in [6.07, 6.45) is 30.0. The van der Waals surface area contributed by atoms with Crippen LogP contribution >= 0.6 is 16.2 Å². The fraction of sp³-hybridized carbons (Fsp3) is 0.966. The summed E-state index contributed by atoms with van der Waals surface area (Å²) < 4.78 is 9.63. The summed E-state index contributed by atoms with van der Waals surface area (Å²) in [7, 11) is -0.651. The van der Waals surface area contributed by atoms with Crippen molar-refractivity contribution in [2.24, 2.45) is 0 Å². The first-order chi connectivity index (χ1) is 16.8. The highest BCUT2D eigenvalue weighted by atomic mass is 31.1. The van der Waals surface area contributed by atoms with Crippen molar-refractivity contribution in [2.45, 2.75) is 170 Å². The van der Waals surface area contributed by atoms with Crippen LogP contribution in [0.2, 0.25) is 0 Å². The molecule has 3 nitrogen and oxygen atoms in total. The first-order valence-electron chi connectivity index (χ1n) is 15.3. The van der Waals surface area contributed by atoms with E-state index in [9.17, 15) is 4.79 Å². The molecule has 1 amide bonds. The quantitative estimate of drug-likeness (QED) is 0.307. The van der Waals surface area contributed by atoms with Gasteiger partial charge in [-0.25, -0.2) is 0 Å². The van der Waals surface area contributed by atoms with Crippen molar-refractivity contribution < 1.29 is 9.32 Å². The Kier molecular flexibility index (Phi) is 10.1. The smallest absolute Gasteiger partial charge is 0.226 e. The van der Waals surface area contributed by atoms with Gasteiger partial charge in [-0.2, -0.15) is 0 Å². The fourth-order valence-electron chi connectivity index (χ4n) is 7.90. The second-order valence-electron chi connectivity index (χ2n) is 12.1. The van der Waals surface area contributed by atoms with Gasteiger partial charge in [0.15, 0.2) is 0 Å². The van der Waals surface area contributed by atoms with Crippen molar-refractivity contribution in [3.8, 4) is 0 Å². The minimum absolute atomic E-state index is 0.325. The zero-order chi connectivity index (χ0) is 23.2. The number of hydrogen-bond donors (Lipinski definition) is 0. The maximum absolute atomic E-state index is 13.5. The van der Waals surface area contributed by atoms with Gasteiger partial charge in [0.2, 0.25) is 5.91 Å². The Labute approximate surface area is 212 Å². The normalized spacial score (nSPS) is 29.5. The lowest BCUT2D eigenvalue weighted by Gasteiger charge is -2.46. The van der Waals surface area contributed by atoms with Crippen LogP contribution in [-0.4, -0.2) is 45.9 Å². The van der Waals surface area contributed by atoms with Crippen molar-refractivity contribution in [3.05, 3.63) is 0 Å². The molecule has 5 rings (SSSR count). The van der Waals surface area contributed by atoms with E-state index in [0.717, 1.165) is 42.1 Å². The second-order valence-corrected chi connectivity index (χ2v) is 17.2. The minimum Gasteiger partial charge on any atom is -0.357 e. The molecule has 1 heterocycles. The first-order valence-corrected chi connectivity index (χ1v) is 18.2. The average molecular weight is 508 g/mol. The van der Waals surface area contributed by atoms with E-state index in [4.69, 9.17) is 4.52 Å². The predicted octanol–water partition coefficient (Wildman–Crippen LogP) is 9.12. The van der Waals surface area contributed by atoms with E-state index in [0.29, 0.717) is 11.9 Å². The number of rotatable bonds is 8. The highest BCUT2D eigenvalue weighted by Gasteiger charge is 2.44. The van der Waals surface area contributed by atoms with Crippen molar-refractivity contribution >= 4 is 22.1 Å². The zero-order valence-electron chi connectivity index (χ0n) is 21.8. The Morgan fingerprint density at radius 2 is 1.00 bits per heavy atom. The van der Waals surface area contributed by atoms with Gasteiger partial charge in [-0.1, -0.05) is 77.0 Å². The van der Waals surface area contributed by atoms with Crippen molar-refractivity contribution in [3.63, 3.8) is 0 Å². The summed E-state index contributed by atoms with van der Waals surface area (Å²) in [5.41, 5.74) is 3.32. The predicted molar refractivity (Wildman–Crippen MR) is 147 cm³/mol. The van der Waals surface area contributed by atoms with Crippen LogP contribution in [0.15, 0.2) is 0 Å². The van der Waals surface area contributed by atoms with Gasteiger partial charge < -0.3 is 9.19 Å². The van der Waals surface area contributed by atoms with Gasteiger partial charge in [0, 0.05) is 34.0 Å². The zero-order valence-corrected chi connectivity index (χ0v) is 23.6.